The molecule has 0 saturated carbocycles. The fourth-order valence-electron chi connectivity index (χ4n) is 2.05. The molecule has 2 rings (SSSR count). The maximum absolute atomic E-state index is 11.9. The van der Waals surface area contributed by atoms with Crippen LogP contribution in [-0.4, -0.2) is 29.4 Å². The summed E-state index contributed by atoms with van der Waals surface area (Å²) in [6.45, 7) is 1.87. The lowest BCUT2D eigenvalue weighted by atomic mass is 10.0. The molecule has 1 aromatic heterocycles. The molecule has 7 heteroatoms. The van der Waals surface area contributed by atoms with E-state index in [4.69, 9.17) is 16.3 Å². The summed E-state index contributed by atoms with van der Waals surface area (Å²) in [6, 6.07) is 6.80. The number of nitrogens with zero attached hydrogens (tertiary/aromatic N) is 1. The number of methoxy groups -OCH3 is 1. The summed E-state index contributed by atoms with van der Waals surface area (Å²) in [5.41, 5.74) is 1.54. The molecule has 0 bridgehead atoms. The molecule has 0 saturated heterocycles. The SMILES string of the molecule is COC(c1ccc(Cl)cc1)C(C)NC(=O)Nc1cn[nH]c1. The second kappa shape index (κ2) is 7.10. The van der Waals surface area contributed by atoms with Crippen molar-refractivity contribution in [2.24, 2.45) is 0 Å². The highest BCUT2D eigenvalue weighted by molar-refractivity contribution is 6.30. The van der Waals surface area contributed by atoms with Crippen LogP contribution in [0.2, 0.25) is 5.02 Å². The van der Waals surface area contributed by atoms with E-state index in [-0.39, 0.29) is 18.2 Å². The number of nitrogens with one attached hydrogen (secondary N) is 3. The summed E-state index contributed by atoms with van der Waals surface area (Å²) in [6.07, 6.45) is 2.85. The number of benzene rings is 1. The highest BCUT2D eigenvalue weighted by atomic mass is 35.5. The molecule has 2 aromatic rings. The van der Waals surface area contributed by atoms with Crippen LogP contribution in [0.4, 0.5) is 10.5 Å². The van der Waals surface area contributed by atoms with Crippen LogP contribution in [0.1, 0.15) is 18.6 Å². The van der Waals surface area contributed by atoms with Crippen molar-refractivity contribution < 1.29 is 9.53 Å². The van der Waals surface area contributed by atoms with Gasteiger partial charge in [-0.25, -0.2) is 4.79 Å². The minimum atomic E-state index is -0.320. The van der Waals surface area contributed by atoms with Gasteiger partial charge in [0.05, 0.1) is 17.9 Å². The van der Waals surface area contributed by atoms with E-state index in [9.17, 15) is 4.79 Å². The van der Waals surface area contributed by atoms with Gasteiger partial charge < -0.3 is 15.4 Å². The molecule has 2 unspecified atom stereocenters. The summed E-state index contributed by atoms with van der Waals surface area (Å²) in [5.74, 6) is 0. The van der Waals surface area contributed by atoms with Crippen LogP contribution in [0.5, 0.6) is 0 Å². The van der Waals surface area contributed by atoms with E-state index in [2.05, 4.69) is 20.8 Å². The van der Waals surface area contributed by atoms with Gasteiger partial charge in [0.1, 0.15) is 6.10 Å². The molecule has 0 radical (unpaired) electrons. The molecule has 0 aliphatic carbocycles. The van der Waals surface area contributed by atoms with Gasteiger partial charge >= 0.3 is 6.03 Å². The molecule has 1 aromatic carbocycles. The van der Waals surface area contributed by atoms with Gasteiger partial charge in [-0.05, 0) is 24.6 Å². The molecule has 6 nitrogen and oxygen atoms in total. The molecule has 0 fully saturated rings. The number of aromatic nitrogens is 2. The molecule has 2 amide bonds. The maximum Gasteiger partial charge on any atom is 0.319 e. The first-order valence-electron chi connectivity index (χ1n) is 6.44. The van der Waals surface area contributed by atoms with Gasteiger partial charge in [0, 0.05) is 18.3 Å². The number of halogens is 1. The zero-order valence-electron chi connectivity index (χ0n) is 11.8. The highest BCUT2D eigenvalue weighted by Gasteiger charge is 2.20. The van der Waals surface area contributed by atoms with Crippen molar-refractivity contribution in [3.05, 3.63) is 47.2 Å². The standard InChI is InChI=1S/C14H17ClN4O2/c1-9(18-14(20)19-12-7-16-17-8-12)13(21-2)10-3-5-11(15)6-4-10/h3-9,13H,1-2H3,(H,16,17)(H2,18,19,20). The average molecular weight is 309 g/mol. The predicted molar refractivity (Wildman–Crippen MR) is 81.4 cm³/mol. The monoisotopic (exact) mass is 308 g/mol. The first kappa shape index (κ1) is 15.3. The van der Waals surface area contributed by atoms with Gasteiger partial charge in [0.25, 0.3) is 0 Å². The number of amides is 2. The van der Waals surface area contributed by atoms with E-state index in [1.165, 1.54) is 6.20 Å². The number of carbonyl (C=O) groups is 1. The van der Waals surface area contributed by atoms with Crippen molar-refractivity contribution in [1.29, 1.82) is 0 Å². The third-order valence-electron chi connectivity index (χ3n) is 3.02. The van der Waals surface area contributed by atoms with E-state index in [1.54, 1.807) is 25.4 Å². The zero-order valence-corrected chi connectivity index (χ0v) is 12.5. The number of ether oxygens (including phenoxy) is 1. The zero-order chi connectivity index (χ0) is 15.2. The lowest BCUT2D eigenvalue weighted by Crippen LogP contribution is -2.40. The number of carbonyl (C=O) groups excluding carboxylic acids is 1. The fraction of sp³-hybridized carbons (Fsp3) is 0.286. The Kier molecular flexibility index (Phi) is 5.19. The van der Waals surface area contributed by atoms with Crippen LogP contribution in [0.15, 0.2) is 36.7 Å². The Morgan fingerprint density at radius 1 is 1.38 bits per heavy atom. The Labute approximate surface area is 127 Å². The largest absolute Gasteiger partial charge is 0.375 e. The second-order valence-corrected chi connectivity index (χ2v) is 5.02. The lowest BCUT2D eigenvalue weighted by Gasteiger charge is -2.24. The van der Waals surface area contributed by atoms with Gasteiger partial charge in [-0.3, -0.25) is 5.10 Å². The van der Waals surface area contributed by atoms with Gasteiger partial charge in [-0.15, -0.1) is 0 Å². The van der Waals surface area contributed by atoms with Gasteiger partial charge in [0.2, 0.25) is 0 Å². The molecular formula is C14H17ClN4O2. The first-order chi connectivity index (χ1) is 10.1. The molecule has 0 aliphatic rings. The number of H-pyrrole nitrogens is 1. The fourth-order valence-corrected chi connectivity index (χ4v) is 2.18. The number of urea groups is 1. The topological polar surface area (TPSA) is 79.0 Å². The quantitative estimate of drug-likeness (QED) is 0.794. The van der Waals surface area contributed by atoms with E-state index >= 15 is 0 Å². The third-order valence-corrected chi connectivity index (χ3v) is 3.27. The number of hydrogen-bond acceptors (Lipinski definition) is 3. The van der Waals surface area contributed by atoms with Crippen molar-refractivity contribution in [2.45, 2.75) is 19.1 Å². The van der Waals surface area contributed by atoms with Crippen molar-refractivity contribution >= 4 is 23.3 Å². The summed E-state index contributed by atoms with van der Waals surface area (Å²) in [7, 11) is 1.60. The van der Waals surface area contributed by atoms with Crippen molar-refractivity contribution in [3.8, 4) is 0 Å². The smallest absolute Gasteiger partial charge is 0.319 e. The summed E-state index contributed by atoms with van der Waals surface area (Å²) in [5, 5.41) is 12.5. The summed E-state index contributed by atoms with van der Waals surface area (Å²) < 4.78 is 5.47. The molecule has 1 heterocycles. The Bertz CT molecular complexity index is 571. The molecule has 0 spiro atoms. The predicted octanol–water partition coefficient (Wildman–Crippen LogP) is 2.96. The maximum atomic E-state index is 11.9. The van der Waals surface area contributed by atoms with E-state index in [1.807, 2.05) is 19.1 Å². The van der Waals surface area contributed by atoms with Gasteiger partial charge in [0.15, 0.2) is 0 Å². The number of hydrogen-bond donors (Lipinski definition) is 3. The Morgan fingerprint density at radius 3 is 2.67 bits per heavy atom. The van der Waals surface area contributed by atoms with Crippen LogP contribution >= 0.6 is 11.6 Å². The van der Waals surface area contributed by atoms with Crippen LogP contribution in [-0.2, 0) is 4.74 Å². The van der Waals surface area contributed by atoms with Crippen LogP contribution < -0.4 is 10.6 Å². The normalized spacial score (nSPS) is 13.5. The highest BCUT2D eigenvalue weighted by Crippen LogP contribution is 2.22. The van der Waals surface area contributed by atoms with E-state index < -0.39 is 0 Å². The number of aromatic amines is 1. The van der Waals surface area contributed by atoms with Crippen LogP contribution in [0.25, 0.3) is 0 Å². The molecular weight excluding hydrogens is 292 g/mol. The van der Waals surface area contributed by atoms with Gasteiger partial charge in [-0.2, -0.15) is 5.10 Å². The third kappa shape index (κ3) is 4.21. The van der Waals surface area contributed by atoms with Crippen molar-refractivity contribution in [3.63, 3.8) is 0 Å². The minimum absolute atomic E-state index is 0.219. The summed E-state index contributed by atoms with van der Waals surface area (Å²) >= 11 is 5.87. The number of rotatable bonds is 5. The summed E-state index contributed by atoms with van der Waals surface area (Å²) in [4.78, 5) is 11.9. The molecule has 112 valence electrons. The van der Waals surface area contributed by atoms with Crippen LogP contribution in [0, 0.1) is 0 Å². The first-order valence-corrected chi connectivity index (χ1v) is 6.82. The van der Waals surface area contributed by atoms with E-state index in [0.29, 0.717) is 10.7 Å². The Hall–Kier alpha value is -2.05. The van der Waals surface area contributed by atoms with Crippen LogP contribution in [0.3, 0.4) is 0 Å². The number of anilines is 1. The van der Waals surface area contributed by atoms with Crippen molar-refractivity contribution in [2.75, 3.05) is 12.4 Å². The molecule has 0 aliphatic heterocycles. The lowest BCUT2D eigenvalue weighted by molar-refractivity contribution is 0.0770. The minimum Gasteiger partial charge on any atom is -0.375 e. The molecule has 2 atom stereocenters. The Morgan fingerprint density at radius 2 is 2.10 bits per heavy atom. The molecule has 21 heavy (non-hydrogen) atoms. The van der Waals surface area contributed by atoms with Crippen molar-refractivity contribution in [1.82, 2.24) is 15.5 Å². The molecule has 3 N–H and O–H groups in total. The van der Waals surface area contributed by atoms with Gasteiger partial charge in [-0.1, -0.05) is 23.7 Å². The average Bonchev–Trinajstić information content (AvgIpc) is 2.94. The second-order valence-electron chi connectivity index (χ2n) is 4.58. The van der Waals surface area contributed by atoms with E-state index in [0.717, 1.165) is 5.56 Å². The Balaban J connectivity index is 1.98.